The lowest BCUT2D eigenvalue weighted by Crippen LogP contribution is -2.47. The molecule has 0 saturated heterocycles. The normalized spacial score (nSPS) is 14.1. The number of nitrogens with two attached hydrogens (primary N) is 1. The number of carbonyl (C=O) groups excluding carboxylic acids is 2. The van der Waals surface area contributed by atoms with Gasteiger partial charge in [-0.1, -0.05) is 22.6 Å². The Kier molecular flexibility index (Phi) is 6.41. The van der Waals surface area contributed by atoms with Crippen molar-refractivity contribution in [1.29, 1.82) is 0 Å². The Morgan fingerprint density at radius 2 is 2.00 bits per heavy atom. The summed E-state index contributed by atoms with van der Waals surface area (Å²) in [4.78, 5) is 32.6. The van der Waals surface area contributed by atoms with Gasteiger partial charge >= 0.3 is 5.97 Å². The number of ketones is 1. The van der Waals surface area contributed by atoms with Gasteiger partial charge in [0.15, 0.2) is 5.78 Å². The van der Waals surface area contributed by atoms with E-state index in [9.17, 15) is 14.4 Å². The van der Waals surface area contributed by atoms with E-state index in [2.05, 4.69) is 5.32 Å². The summed E-state index contributed by atoms with van der Waals surface area (Å²) in [5, 5.41) is 10.8. The van der Waals surface area contributed by atoms with Gasteiger partial charge in [-0.25, -0.2) is 0 Å². The van der Waals surface area contributed by atoms with Gasteiger partial charge in [-0.3, -0.25) is 14.4 Å². The van der Waals surface area contributed by atoms with Crippen LogP contribution >= 0.6 is 22.6 Å². The molecule has 0 radical (unpaired) electrons. The Labute approximate surface area is 101 Å². The molecular formula is C8H13IN2O4. The van der Waals surface area contributed by atoms with Crippen LogP contribution in [0.25, 0.3) is 0 Å². The smallest absolute Gasteiger partial charge is 0.304 e. The molecule has 0 rings (SSSR count). The van der Waals surface area contributed by atoms with Crippen molar-refractivity contribution in [3.63, 3.8) is 0 Å². The molecule has 0 bridgehead atoms. The average Bonchev–Trinajstić information content (AvgIpc) is 2.11. The van der Waals surface area contributed by atoms with Crippen molar-refractivity contribution in [3.8, 4) is 0 Å². The number of Topliss-reactive ketones (excluding diaryl/α,β-unsaturated/α-hetero) is 1. The van der Waals surface area contributed by atoms with Gasteiger partial charge in [0.2, 0.25) is 5.91 Å². The van der Waals surface area contributed by atoms with Crippen LogP contribution in [0.3, 0.4) is 0 Å². The first-order valence-corrected chi connectivity index (χ1v) is 5.49. The number of carboxylic acid groups (broad SMARTS) is 1. The lowest BCUT2D eigenvalue weighted by atomic mass is 10.2. The summed E-state index contributed by atoms with van der Waals surface area (Å²) in [5.74, 6) is -1.79. The summed E-state index contributed by atoms with van der Waals surface area (Å²) in [6, 6.07) is -0.733. The Hall–Kier alpha value is -0.700. The summed E-state index contributed by atoms with van der Waals surface area (Å²) in [5.41, 5.74) is 5.27. The number of halogens is 1. The number of hydrogen-bond acceptors (Lipinski definition) is 4. The molecule has 0 aromatic carbocycles. The fourth-order valence-corrected chi connectivity index (χ4v) is 1.39. The average molecular weight is 328 g/mol. The van der Waals surface area contributed by atoms with Gasteiger partial charge in [0, 0.05) is 6.54 Å². The number of alkyl halides is 1. The number of amides is 1. The predicted octanol–water partition coefficient (Wildman–Crippen LogP) is -0.703. The van der Waals surface area contributed by atoms with E-state index in [1.54, 1.807) is 22.6 Å². The number of hydrogen-bond donors (Lipinski definition) is 3. The second kappa shape index (κ2) is 6.72. The van der Waals surface area contributed by atoms with Crippen LogP contribution in [0.1, 0.15) is 13.3 Å². The van der Waals surface area contributed by atoms with E-state index in [-0.39, 0.29) is 18.7 Å². The van der Waals surface area contributed by atoms with Crippen LogP contribution in [0.5, 0.6) is 0 Å². The van der Waals surface area contributed by atoms with Crippen molar-refractivity contribution >= 4 is 40.3 Å². The maximum absolute atomic E-state index is 11.4. The van der Waals surface area contributed by atoms with Gasteiger partial charge in [-0.05, 0) is 6.92 Å². The fraction of sp³-hybridized carbons (Fsp3) is 0.625. The first-order chi connectivity index (χ1) is 6.88. The molecule has 0 heterocycles. The molecule has 86 valence electrons. The monoisotopic (exact) mass is 328 g/mol. The predicted molar refractivity (Wildman–Crippen MR) is 61.7 cm³/mol. The number of aliphatic carboxylic acids is 1. The SMILES string of the molecule is CC(=O)C(CN)NC(=O)C(I)CC(=O)O. The van der Waals surface area contributed by atoms with E-state index in [1.165, 1.54) is 6.92 Å². The maximum Gasteiger partial charge on any atom is 0.304 e. The second-order valence-electron chi connectivity index (χ2n) is 2.97. The third kappa shape index (κ3) is 5.67. The molecule has 4 N–H and O–H groups in total. The highest BCUT2D eigenvalue weighted by atomic mass is 127. The minimum absolute atomic E-state index is 0.0114. The van der Waals surface area contributed by atoms with Crippen LogP contribution in [0.15, 0.2) is 0 Å². The van der Waals surface area contributed by atoms with Crippen LogP contribution in [0, 0.1) is 0 Å². The molecular weight excluding hydrogens is 315 g/mol. The molecule has 1 amide bonds. The quantitative estimate of drug-likeness (QED) is 0.441. The number of carboxylic acids is 1. The molecule has 6 nitrogen and oxygen atoms in total. The third-order valence-electron chi connectivity index (χ3n) is 1.68. The topological polar surface area (TPSA) is 109 Å². The van der Waals surface area contributed by atoms with Crippen LogP contribution in [0.4, 0.5) is 0 Å². The van der Waals surface area contributed by atoms with Crippen molar-refractivity contribution in [2.75, 3.05) is 6.54 Å². The van der Waals surface area contributed by atoms with Gasteiger partial charge in [0.05, 0.1) is 12.5 Å². The summed E-state index contributed by atoms with van der Waals surface area (Å²) in [6.45, 7) is 1.33. The molecule has 0 saturated carbocycles. The lowest BCUT2D eigenvalue weighted by Gasteiger charge is -2.15. The number of nitrogens with one attached hydrogen (secondary N) is 1. The van der Waals surface area contributed by atoms with Crippen molar-refractivity contribution in [1.82, 2.24) is 5.32 Å². The Bertz CT molecular complexity index is 269. The van der Waals surface area contributed by atoms with E-state index in [0.717, 1.165) is 0 Å². The third-order valence-corrected chi connectivity index (χ3v) is 2.69. The lowest BCUT2D eigenvalue weighted by molar-refractivity contribution is -0.138. The van der Waals surface area contributed by atoms with Gasteiger partial charge in [0.1, 0.15) is 3.92 Å². The fourth-order valence-electron chi connectivity index (χ4n) is 0.835. The minimum Gasteiger partial charge on any atom is -0.481 e. The maximum atomic E-state index is 11.4. The molecule has 0 aromatic heterocycles. The summed E-state index contributed by atoms with van der Waals surface area (Å²) in [6.07, 6.45) is -0.276. The molecule has 0 aliphatic rings. The molecule has 2 atom stereocenters. The first-order valence-electron chi connectivity index (χ1n) is 4.25. The Balaban J connectivity index is 4.21. The van der Waals surface area contributed by atoms with Crippen molar-refractivity contribution in [2.45, 2.75) is 23.3 Å². The van der Waals surface area contributed by atoms with Crippen LogP contribution in [-0.2, 0) is 14.4 Å². The number of rotatable bonds is 6. The first kappa shape index (κ1) is 14.3. The molecule has 0 aliphatic heterocycles. The largest absolute Gasteiger partial charge is 0.481 e. The molecule has 0 fully saturated rings. The highest BCUT2D eigenvalue weighted by Crippen LogP contribution is 2.06. The minimum atomic E-state index is -1.06. The number of carbonyl (C=O) groups is 3. The Morgan fingerprint density at radius 1 is 1.47 bits per heavy atom. The van der Waals surface area contributed by atoms with Crippen molar-refractivity contribution in [2.24, 2.45) is 5.73 Å². The highest BCUT2D eigenvalue weighted by Gasteiger charge is 2.22. The molecule has 7 heteroatoms. The van der Waals surface area contributed by atoms with Crippen molar-refractivity contribution in [3.05, 3.63) is 0 Å². The van der Waals surface area contributed by atoms with Crippen LogP contribution in [0.2, 0.25) is 0 Å². The van der Waals surface area contributed by atoms with Gasteiger partial charge in [-0.15, -0.1) is 0 Å². The summed E-state index contributed by atoms with van der Waals surface area (Å²) in [7, 11) is 0. The van der Waals surface area contributed by atoms with E-state index in [0.29, 0.717) is 0 Å². The molecule has 0 spiro atoms. The van der Waals surface area contributed by atoms with E-state index in [4.69, 9.17) is 10.8 Å². The van der Waals surface area contributed by atoms with Gasteiger partial charge in [0.25, 0.3) is 0 Å². The van der Waals surface area contributed by atoms with Gasteiger partial charge < -0.3 is 16.2 Å². The van der Waals surface area contributed by atoms with E-state index in [1.807, 2.05) is 0 Å². The highest BCUT2D eigenvalue weighted by molar-refractivity contribution is 14.1. The summed E-state index contributed by atoms with van der Waals surface area (Å²) >= 11 is 1.71. The standard InChI is InChI=1S/C8H13IN2O4/c1-4(12)6(3-10)11-8(15)5(9)2-7(13)14/h5-6H,2-3,10H2,1H3,(H,11,15)(H,13,14). The molecule has 0 aromatic rings. The molecule has 2 unspecified atom stereocenters. The van der Waals surface area contributed by atoms with E-state index >= 15 is 0 Å². The Morgan fingerprint density at radius 3 is 2.33 bits per heavy atom. The van der Waals surface area contributed by atoms with Gasteiger partial charge in [-0.2, -0.15) is 0 Å². The zero-order chi connectivity index (χ0) is 12.0. The van der Waals surface area contributed by atoms with Crippen LogP contribution in [-0.4, -0.2) is 39.3 Å². The zero-order valence-electron chi connectivity index (χ0n) is 8.20. The summed E-state index contributed by atoms with van der Waals surface area (Å²) < 4.78 is -0.700. The van der Waals surface area contributed by atoms with Crippen LogP contribution < -0.4 is 11.1 Å². The second-order valence-corrected chi connectivity index (χ2v) is 4.48. The van der Waals surface area contributed by atoms with E-state index < -0.39 is 21.8 Å². The zero-order valence-corrected chi connectivity index (χ0v) is 10.4. The molecule has 15 heavy (non-hydrogen) atoms. The molecule has 0 aliphatic carbocycles. The van der Waals surface area contributed by atoms with Crippen molar-refractivity contribution < 1.29 is 19.5 Å².